The molecule has 0 aliphatic carbocycles. The second kappa shape index (κ2) is 7.83. The summed E-state index contributed by atoms with van der Waals surface area (Å²) in [5.74, 6) is 0.243. The van der Waals surface area contributed by atoms with Crippen LogP contribution in [0.1, 0.15) is 43.5 Å². The number of hydrogen-bond acceptors (Lipinski definition) is 5. The van der Waals surface area contributed by atoms with Crippen LogP contribution in [-0.4, -0.2) is 89.5 Å². The summed E-state index contributed by atoms with van der Waals surface area (Å²) in [6.07, 6.45) is 7.19. The molecule has 4 rings (SSSR count). The van der Waals surface area contributed by atoms with Gasteiger partial charge in [0.15, 0.2) is 0 Å². The molecular formula is C20H31N5O3. The predicted octanol–water partition coefficient (Wildman–Crippen LogP) is 0.743. The molecule has 2 amide bonds. The first-order valence-electron chi connectivity index (χ1n) is 10.4. The van der Waals surface area contributed by atoms with Gasteiger partial charge in [-0.1, -0.05) is 6.42 Å². The Morgan fingerprint density at radius 1 is 1.25 bits per heavy atom. The maximum Gasteiger partial charge on any atom is 0.249 e. The number of nitrogens with zero attached hydrogens (tertiary/aromatic N) is 4. The number of likely N-dealkylation sites (tertiary alicyclic amines) is 2. The van der Waals surface area contributed by atoms with Gasteiger partial charge in [0, 0.05) is 38.9 Å². The van der Waals surface area contributed by atoms with Crippen molar-refractivity contribution in [2.75, 3.05) is 46.9 Å². The van der Waals surface area contributed by atoms with Gasteiger partial charge in [0.25, 0.3) is 0 Å². The molecule has 1 N–H and O–H groups in total. The van der Waals surface area contributed by atoms with Crippen LogP contribution in [0.5, 0.6) is 0 Å². The Labute approximate surface area is 166 Å². The van der Waals surface area contributed by atoms with Crippen LogP contribution in [0.25, 0.3) is 0 Å². The van der Waals surface area contributed by atoms with Gasteiger partial charge < -0.3 is 19.5 Å². The number of carbonyl (C=O) groups is 2. The largest absolute Gasteiger partial charge is 0.375 e. The van der Waals surface area contributed by atoms with Crippen LogP contribution >= 0.6 is 0 Å². The normalized spacial score (nSPS) is 25.0. The molecule has 1 aromatic heterocycles. The highest BCUT2D eigenvalue weighted by molar-refractivity contribution is 5.82. The van der Waals surface area contributed by atoms with Crippen molar-refractivity contribution in [2.45, 2.75) is 50.1 Å². The number of rotatable bonds is 3. The van der Waals surface area contributed by atoms with E-state index < -0.39 is 5.54 Å². The van der Waals surface area contributed by atoms with E-state index in [1.807, 2.05) is 9.80 Å². The number of carbonyl (C=O) groups excluding carboxylic acids is 2. The zero-order valence-corrected chi connectivity index (χ0v) is 16.9. The molecule has 0 bridgehead atoms. The average Bonchev–Trinajstić information content (AvgIpc) is 3.19. The summed E-state index contributed by atoms with van der Waals surface area (Å²) in [6, 6.07) is 0.00123. The van der Waals surface area contributed by atoms with Gasteiger partial charge in [-0.15, -0.1) is 0 Å². The highest BCUT2D eigenvalue weighted by atomic mass is 16.5. The van der Waals surface area contributed by atoms with E-state index in [1.54, 1.807) is 13.4 Å². The number of likely N-dealkylation sites (N-methyl/N-ethyl adjacent to an activating group) is 1. The fourth-order valence-corrected chi connectivity index (χ4v) is 5.24. The Balaban J connectivity index is 1.53. The van der Waals surface area contributed by atoms with Crippen LogP contribution in [0.2, 0.25) is 0 Å². The number of ether oxygens (including phenoxy) is 1. The number of amides is 2. The van der Waals surface area contributed by atoms with Crippen molar-refractivity contribution < 1.29 is 14.3 Å². The van der Waals surface area contributed by atoms with E-state index in [2.05, 4.69) is 21.9 Å². The maximum atomic E-state index is 13.1. The average molecular weight is 390 g/mol. The Bertz CT molecular complexity index is 725. The third-order valence-corrected chi connectivity index (χ3v) is 6.79. The lowest BCUT2D eigenvalue weighted by Crippen LogP contribution is -2.61. The smallest absolute Gasteiger partial charge is 0.249 e. The zero-order chi connectivity index (χ0) is 19.7. The summed E-state index contributed by atoms with van der Waals surface area (Å²) in [4.78, 5) is 39.9. The van der Waals surface area contributed by atoms with Crippen molar-refractivity contribution in [3.05, 3.63) is 17.7 Å². The van der Waals surface area contributed by atoms with E-state index in [0.717, 1.165) is 50.0 Å². The van der Waals surface area contributed by atoms with Crippen LogP contribution < -0.4 is 0 Å². The molecule has 2 saturated heterocycles. The third kappa shape index (κ3) is 3.22. The van der Waals surface area contributed by atoms with Gasteiger partial charge in [-0.3, -0.25) is 14.5 Å². The van der Waals surface area contributed by atoms with Crippen LogP contribution in [0, 0.1) is 0 Å². The Kier molecular flexibility index (Phi) is 5.42. The van der Waals surface area contributed by atoms with Gasteiger partial charge in [0.2, 0.25) is 11.8 Å². The van der Waals surface area contributed by atoms with Crippen LogP contribution in [0.3, 0.4) is 0 Å². The lowest BCUT2D eigenvalue weighted by atomic mass is 9.78. The molecule has 4 heterocycles. The second-order valence-corrected chi connectivity index (χ2v) is 8.31. The molecule has 3 aliphatic heterocycles. The van der Waals surface area contributed by atoms with Crippen molar-refractivity contribution >= 4 is 11.8 Å². The number of imidazole rings is 1. The first kappa shape index (κ1) is 19.4. The lowest BCUT2D eigenvalue weighted by Gasteiger charge is -2.51. The Morgan fingerprint density at radius 2 is 2.04 bits per heavy atom. The standard InChI is InChI=1S/C20H31N5O3/c1-23-9-4-3-5-16(23)19(27)24-11-7-20(8-12-24)18-15(21-14-22-18)6-10-25(20)17(26)13-28-2/h14,16H,3-13H2,1-2H3,(H,21,22)/t16-/m0/s1. The summed E-state index contributed by atoms with van der Waals surface area (Å²) in [7, 11) is 3.60. The predicted molar refractivity (Wildman–Crippen MR) is 104 cm³/mol. The minimum atomic E-state index is -0.432. The van der Waals surface area contributed by atoms with E-state index >= 15 is 0 Å². The van der Waals surface area contributed by atoms with Crippen molar-refractivity contribution in [1.29, 1.82) is 0 Å². The third-order valence-electron chi connectivity index (χ3n) is 6.79. The van der Waals surface area contributed by atoms with Gasteiger partial charge in [0.05, 0.1) is 23.6 Å². The van der Waals surface area contributed by atoms with Crippen LogP contribution in [0.4, 0.5) is 0 Å². The monoisotopic (exact) mass is 389 g/mol. The van der Waals surface area contributed by atoms with Gasteiger partial charge in [0.1, 0.15) is 6.61 Å². The quantitative estimate of drug-likeness (QED) is 0.825. The molecule has 1 spiro atoms. The molecule has 28 heavy (non-hydrogen) atoms. The summed E-state index contributed by atoms with van der Waals surface area (Å²) < 4.78 is 5.12. The van der Waals surface area contributed by atoms with E-state index in [4.69, 9.17) is 4.74 Å². The van der Waals surface area contributed by atoms with Crippen molar-refractivity contribution in [3.8, 4) is 0 Å². The molecule has 1 aromatic rings. The van der Waals surface area contributed by atoms with Gasteiger partial charge in [-0.2, -0.15) is 0 Å². The lowest BCUT2D eigenvalue weighted by molar-refractivity contribution is -0.149. The Hall–Kier alpha value is -1.93. The number of H-pyrrole nitrogens is 1. The summed E-state index contributed by atoms with van der Waals surface area (Å²) in [5.41, 5.74) is 1.66. The number of nitrogens with one attached hydrogen (secondary N) is 1. The highest BCUT2D eigenvalue weighted by Gasteiger charge is 2.49. The van der Waals surface area contributed by atoms with Crippen molar-refractivity contribution in [2.24, 2.45) is 0 Å². The molecule has 8 heteroatoms. The molecule has 0 radical (unpaired) electrons. The topological polar surface area (TPSA) is 81.8 Å². The second-order valence-electron chi connectivity index (χ2n) is 8.31. The van der Waals surface area contributed by atoms with Crippen LogP contribution in [0.15, 0.2) is 6.33 Å². The summed E-state index contributed by atoms with van der Waals surface area (Å²) >= 11 is 0. The molecule has 0 unspecified atom stereocenters. The molecule has 0 aromatic carbocycles. The van der Waals surface area contributed by atoms with E-state index in [-0.39, 0.29) is 24.5 Å². The minimum Gasteiger partial charge on any atom is -0.375 e. The fraction of sp³-hybridized carbons (Fsp3) is 0.750. The van der Waals surface area contributed by atoms with Crippen molar-refractivity contribution in [3.63, 3.8) is 0 Å². The van der Waals surface area contributed by atoms with Gasteiger partial charge in [-0.25, -0.2) is 4.98 Å². The van der Waals surface area contributed by atoms with Gasteiger partial charge >= 0.3 is 0 Å². The SMILES string of the molecule is COCC(=O)N1CCc2[nH]cnc2C12CCN(C(=O)[C@@H]1CCCCN1C)CC2. The number of aromatic nitrogens is 2. The Morgan fingerprint density at radius 3 is 2.75 bits per heavy atom. The van der Waals surface area contributed by atoms with E-state index in [0.29, 0.717) is 19.6 Å². The number of piperidine rings is 2. The molecule has 3 aliphatic rings. The molecule has 154 valence electrons. The minimum absolute atomic E-state index is 0.00123. The highest BCUT2D eigenvalue weighted by Crippen LogP contribution is 2.42. The number of fused-ring (bicyclic) bond motifs is 2. The molecule has 8 nitrogen and oxygen atoms in total. The molecule has 2 fully saturated rings. The van der Waals surface area contributed by atoms with Gasteiger partial charge in [-0.05, 0) is 39.3 Å². The van der Waals surface area contributed by atoms with Crippen molar-refractivity contribution in [1.82, 2.24) is 24.7 Å². The summed E-state index contributed by atoms with van der Waals surface area (Å²) in [6.45, 7) is 3.05. The van der Waals surface area contributed by atoms with Crippen LogP contribution in [-0.2, 0) is 26.3 Å². The first-order valence-corrected chi connectivity index (χ1v) is 10.4. The first-order chi connectivity index (χ1) is 13.6. The zero-order valence-electron chi connectivity index (χ0n) is 16.9. The van der Waals surface area contributed by atoms with E-state index in [9.17, 15) is 9.59 Å². The molecule has 0 saturated carbocycles. The fourth-order valence-electron chi connectivity index (χ4n) is 5.24. The maximum absolute atomic E-state index is 13.1. The molecule has 1 atom stereocenters. The summed E-state index contributed by atoms with van der Waals surface area (Å²) in [5, 5.41) is 0. The van der Waals surface area contributed by atoms with E-state index in [1.165, 1.54) is 6.42 Å². The number of aromatic amines is 1. The number of hydrogen-bond donors (Lipinski definition) is 1. The molecular weight excluding hydrogens is 358 g/mol. The number of methoxy groups -OCH3 is 1.